The van der Waals surface area contributed by atoms with Crippen molar-refractivity contribution in [1.82, 2.24) is 5.32 Å². The van der Waals surface area contributed by atoms with Crippen molar-refractivity contribution >= 4 is 11.8 Å². The van der Waals surface area contributed by atoms with Gasteiger partial charge in [-0.25, -0.2) is 0 Å². The van der Waals surface area contributed by atoms with Gasteiger partial charge in [0.1, 0.15) is 5.75 Å². The second-order valence-electron chi connectivity index (χ2n) is 6.36. The molecule has 0 bridgehead atoms. The van der Waals surface area contributed by atoms with Crippen molar-refractivity contribution in [2.75, 3.05) is 6.61 Å². The molecule has 0 aliphatic heterocycles. The van der Waals surface area contributed by atoms with Gasteiger partial charge in [0.05, 0.1) is 18.2 Å². The summed E-state index contributed by atoms with van der Waals surface area (Å²) in [4.78, 5) is 22.9. The molecule has 0 spiro atoms. The first-order chi connectivity index (χ1) is 11.0. The van der Waals surface area contributed by atoms with Crippen LogP contribution in [0, 0.1) is 5.92 Å². The molecule has 1 fully saturated rings. The van der Waals surface area contributed by atoms with Crippen molar-refractivity contribution in [3.8, 4) is 5.75 Å². The summed E-state index contributed by atoms with van der Waals surface area (Å²) < 4.78 is 5.87. The molecule has 2 amide bonds. The molecule has 3 N–H and O–H groups in total. The lowest BCUT2D eigenvalue weighted by Crippen LogP contribution is -2.24. The van der Waals surface area contributed by atoms with Crippen LogP contribution in [0.5, 0.6) is 5.75 Å². The molecular formula is C18H26N2O3. The molecule has 1 aromatic carbocycles. The van der Waals surface area contributed by atoms with Crippen LogP contribution in [0.3, 0.4) is 0 Å². The third-order valence-electron chi connectivity index (χ3n) is 4.39. The van der Waals surface area contributed by atoms with Crippen LogP contribution in [-0.4, -0.2) is 18.4 Å². The Balaban J connectivity index is 2.09. The molecule has 1 aliphatic carbocycles. The fourth-order valence-electron chi connectivity index (χ4n) is 3.09. The summed E-state index contributed by atoms with van der Waals surface area (Å²) in [6, 6.07) is 5.16. The summed E-state index contributed by atoms with van der Waals surface area (Å²) in [5.74, 6) is 0.459. The van der Waals surface area contributed by atoms with Crippen LogP contribution in [0.4, 0.5) is 0 Å². The monoisotopic (exact) mass is 318 g/mol. The Labute approximate surface area is 137 Å². The number of benzene rings is 1. The average Bonchev–Trinajstić information content (AvgIpc) is 2.53. The Morgan fingerprint density at radius 1 is 1.30 bits per heavy atom. The zero-order valence-electron chi connectivity index (χ0n) is 13.9. The number of nitrogens with two attached hydrogens (primary N) is 1. The van der Waals surface area contributed by atoms with E-state index in [0.29, 0.717) is 23.8 Å². The molecule has 23 heavy (non-hydrogen) atoms. The maximum atomic E-state index is 11.7. The SMILES string of the molecule is CC(=O)N[C@@H](C)c1ccc(OCC2CCCCC2)c(C(N)=O)c1. The van der Waals surface area contributed by atoms with Crippen LogP contribution in [0.1, 0.15) is 67.9 Å². The van der Waals surface area contributed by atoms with Crippen LogP contribution in [0.2, 0.25) is 0 Å². The lowest BCUT2D eigenvalue weighted by atomic mass is 9.90. The van der Waals surface area contributed by atoms with Crippen LogP contribution < -0.4 is 15.8 Å². The van der Waals surface area contributed by atoms with E-state index in [9.17, 15) is 9.59 Å². The van der Waals surface area contributed by atoms with Gasteiger partial charge in [-0.05, 0) is 43.4 Å². The van der Waals surface area contributed by atoms with Gasteiger partial charge in [0.15, 0.2) is 0 Å². The van der Waals surface area contributed by atoms with Gasteiger partial charge in [-0.3, -0.25) is 9.59 Å². The lowest BCUT2D eigenvalue weighted by Gasteiger charge is -2.22. The zero-order chi connectivity index (χ0) is 16.8. The van der Waals surface area contributed by atoms with E-state index in [2.05, 4.69) is 5.32 Å². The molecule has 2 rings (SSSR count). The molecule has 1 aromatic rings. The number of amides is 2. The number of carbonyl (C=O) groups is 2. The van der Waals surface area contributed by atoms with Crippen LogP contribution >= 0.6 is 0 Å². The van der Waals surface area contributed by atoms with Crippen molar-refractivity contribution in [2.24, 2.45) is 11.7 Å². The Morgan fingerprint density at radius 3 is 2.61 bits per heavy atom. The molecule has 0 unspecified atom stereocenters. The third-order valence-corrected chi connectivity index (χ3v) is 4.39. The van der Waals surface area contributed by atoms with Gasteiger partial charge in [-0.1, -0.05) is 25.3 Å². The number of hydrogen-bond donors (Lipinski definition) is 2. The van der Waals surface area contributed by atoms with Gasteiger partial charge in [0, 0.05) is 6.92 Å². The first-order valence-electron chi connectivity index (χ1n) is 8.31. The maximum absolute atomic E-state index is 11.7. The van der Waals surface area contributed by atoms with Crippen molar-refractivity contribution in [3.05, 3.63) is 29.3 Å². The summed E-state index contributed by atoms with van der Waals surface area (Å²) in [5, 5.41) is 2.80. The van der Waals surface area contributed by atoms with Gasteiger partial charge >= 0.3 is 0 Å². The third kappa shape index (κ3) is 4.98. The first-order valence-corrected chi connectivity index (χ1v) is 8.31. The van der Waals surface area contributed by atoms with Crippen LogP contribution in [0.25, 0.3) is 0 Å². The Bertz CT molecular complexity index is 565. The zero-order valence-corrected chi connectivity index (χ0v) is 13.9. The highest BCUT2D eigenvalue weighted by molar-refractivity contribution is 5.95. The predicted molar refractivity (Wildman–Crippen MR) is 89.3 cm³/mol. The molecular weight excluding hydrogens is 292 g/mol. The molecule has 0 heterocycles. The number of primary amides is 1. The molecule has 5 nitrogen and oxygen atoms in total. The number of nitrogens with one attached hydrogen (secondary N) is 1. The van der Waals surface area contributed by atoms with Crippen molar-refractivity contribution in [3.63, 3.8) is 0 Å². The predicted octanol–water partition coefficient (Wildman–Crippen LogP) is 2.94. The van der Waals surface area contributed by atoms with Crippen molar-refractivity contribution < 1.29 is 14.3 Å². The number of carbonyl (C=O) groups excluding carboxylic acids is 2. The molecule has 1 atom stereocenters. The minimum atomic E-state index is -0.513. The number of ether oxygens (including phenoxy) is 1. The summed E-state index contributed by atoms with van der Waals surface area (Å²) >= 11 is 0. The Kier molecular flexibility index (Phi) is 6.02. The normalized spacial score (nSPS) is 16.6. The molecule has 0 radical (unpaired) electrons. The molecule has 126 valence electrons. The second-order valence-corrected chi connectivity index (χ2v) is 6.36. The second kappa shape index (κ2) is 7.99. The van der Waals surface area contributed by atoms with E-state index in [1.54, 1.807) is 12.1 Å². The molecule has 1 saturated carbocycles. The summed E-state index contributed by atoms with van der Waals surface area (Å²) in [6.07, 6.45) is 6.18. The number of hydrogen-bond acceptors (Lipinski definition) is 3. The van der Waals surface area contributed by atoms with Crippen molar-refractivity contribution in [1.29, 1.82) is 0 Å². The maximum Gasteiger partial charge on any atom is 0.252 e. The highest BCUT2D eigenvalue weighted by Crippen LogP contribution is 2.27. The minimum absolute atomic E-state index is 0.115. The van der Waals surface area contributed by atoms with Gasteiger partial charge in [-0.2, -0.15) is 0 Å². The number of rotatable bonds is 6. The molecule has 1 aliphatic rings. The van der Waals surface area contributed by atoms with Gasteiger partial charge < -0.3 is 15.8 Å². The van der Waals surface area contributed by atoms with Crippen LogP contribution in [-0.2, 0) is 4.79 Å². The van der Waals surface area contributed by atoms with E-state index in [1.165, 1.54) is 39.0 Å². The van der Waals surface area contributed by atoms with E-state index in [1.807, 2.05) is 13.0 Å². The van der Waals surface area contributed by atoms with Crippen LogP contribution in [0.15, 0.2) is 18.2 Å². The van der Waals surface area contributed by atoms with Gasteiger partial charge in [-0.15, -0.1) is 0 Å². The van der Waals surface area contributed by atoms with Gasteiger partial charge in [0.2, 0.25) is 5.91 Å². The highest BCUT2D eigenvalue weighted by Gasteiger charge is 2.17. The summed E-state index contributed by atoms with van der Waals surface area (Å²) in [5.41, 5.74) is 6.69. The smallest absolute Gasteiger partial charge is 0.252 e. The molecule has 5 heteroatoms. The molecule has 0 saturated heterocycles. The summed E-state index contributed by atoms with van der Waals surface area (Å²) in [6.45, 7) is 3.96. The quantitative estimate of drug-likeness (QED) is 0.846. The fourth-order valence-corrected chi connectivity index (χ4v) is 3.09. The Hall–Kier alpha value is -2.04. The van der Waals surface area contributed by atoms with E-state index in [4.69, 9.17) is 10.5 Å². The lowest BCUT2D eigenvalue weighted by molar-refractivity contribution is -0.119. The van der Waals surface area contributed by atoms with Crippen molar-refractivity contribution in [2.45, 2.75) is 52.0 Å². The van der Waals surface area contributed by atoms with E-state index < -0.39 is 5.91 Å². The van der Waals surface area contributed by atoms with E-state index in [-0.39, 0.29) is 11.9 Å². The Morgan fingerprint density at radius 2 is 2.00 bits per heavy atom. The fraction of sp³-hybridized carbons (Fsp3) is 0.556. The van der Waals surface area contributed by atoms with E-state index >= 15 is 0 Å². The highest BCUT2D eigenvalue weighted by atomic mass is 16.5. The topological polar surface area (TPSA) is 81.4 Å². The van der Waals surface area contributed by atoms with E-state index in [0.717, 1.165) is 5.56 Å². The average molecular weight is 318 g/mol. The summed E-state index contributed by atoms with van der Waals surface area (Å²) in [7, 11) is 0. The molecule has 0 aromatic heterocycles. The van der Waals surface area contributed by atoms with Gasteiger partial charge in [0.25, 0.3) is 5.91 Å². The standard InChI is InChI=1S/C18H26N2O3/c1-12(20-13(2)21)15-8-9-17(16(10-15)18(19)22)23-11-14-6-4-3-5-7-14/h8-10,12,14H,3-7,11H2,1-2H3,(H2,19,22)(H,20,21)/t12-/m0/s1. The first kappa shape index (κ1) is 17.3. The minimum Gasteiger partial charge on any atom is -0.492 e. The largest absolute Gasteiger partial charge is 0.492 e.